The molecule has 1 aliphatic carbocycles. The number of ether oxygens (including phenoxy) is 2. The molecule has 150 valence electrons. The van der Waals surface area contributed by atoms with E-state index < -0.39 is 22.0 Å². The number of carbonyl (C=O) groups is 2. The third-order valence-electron chi connectivity index (χ3n) is 5.27. The highest BCUT2D eigenvalue weighted by molar-refractivity contribution is 7.89. The fourth-order valence-electron chi connectivity index (χ4n) is 3.83. The Bertz CT molecular complexity index is 810. The molecule has 1 saturated carbocycles. The molecule has 2 N–H and O–H groups in total. The lowest BCUT2D eigenvalue weighted by Gasteiger charge is -2.19. The van der Waals surface area contributed by atoms with Gasteiger partial charge in [-0.1, -0.05) is 0 Å². The predicted molar refractivity (Wildman–Crippen MR) is 99.3 cm³/mol. The van der Waals surface area contributed by atoms with Crippen LogP contribution in [0.1, 0.15) is 33.6 Å². The van der Waals surface area contributed by atoms with Crippen molar-refractivity contribution in [2.24, 2.45) is 17.6 Å². The molecule has 0 amide bonds. The lowest BCUT2D eigenvalue weighted by atomic mass is 9.98. The zero-order valence-corrected chi connectivity index (χ0v) is 16.7. The summed E-state index contributed by atoms with van der Waals surface area (Å²) in [6.45, 7) is 0.751. The Hall–Kier alpha value is -1.68. The molecule has 0 radical (unpaired) electrons. The maximum atomic E-state index is 13.1. The van der Waals surface area contributed by atoms with Gasteiger partial charge in [-0.3, -0.25) is 0 Å². The average molecular weight is 419 g/mol. The van der Waals surface area contributed by atoms with E-state index in [-0.39, 0.29) is 46.3 Å². The maximum absolute atomic E-state index is 13.1. The largest absolute Gasteiger partial charge is 0.465 e. The minimum absolute atomic E-state index is 0. The van der Waals surface area contributed by atoms with Gasteiger partial charge in [0.15, 0.2) is 0 Å². The molecular formula is C17H23ClN2O6S. The summed E-state index contributed by atoms with van der Waals surface area (Å²) < 4.78 is 36.9. The molecule has 0 spiro atoms. The molecule has 2 fully saturated rings. The van der Waals surface area contributed by atoms with Crippen LogP contribution in [0, 0.1) is 11.8 Å². The number of halogens is 1. The van der Waals surface area contributed by atoms with Crippen LogP contribution in [0.3, 0.4) is 0 Å². The summed E-state index contributed by atoms with van der Waals surface area (Å²) in [6, 6.07) is 3.71. The summed E-state index contributed by atoms with van der Waals surface area (Å²) >= 11 is 0. The summed E-state index contributed by atoms with van der Waals surface area (Å²) in [4.78, 5) is 23.6. The monoisotopic (exact) mass is 418 g/mol. The summed E-state index contributed by atoms with van der Waals surface area (Å²) in [5.41, 5.74) is 6.04. The van der Waals surface area contributed by atoms with Crippen molar-refractivity contribution in [1.29, 1.82) is 0 Å². The fraction of sp³-hybridized carbons (Fsp3) is 0.529. The van der Waals surface area contributed by atoms with Crippen LogP contribution < -0.4 is 5.73 Å². The number of hydrogen-bond donors (Lipinski definition) is 1. The van der Waals surface area contributed by atoms with E-state index >= 15 is 0 Å². The number of sulfonamides is 1. The molecule has 1 aromatic rings. The minimum Gasteiger partial charge on any atom is -0.465 e. The van der Waals surface area contributed by atoms with Crippen molar-refractivity contribution in [2.75, 3.05) is 27.3 Å². The van der Waals surface area contributed by atoms with E-state index in [2.05, 4.69) is 9.47 Å². The van der Waals surface area contributed by atoms with Crippen molar-refractivity contribution < 1.29 is 27.5 Å². The standard InChI is InChI=1S/C17H22N2O6S.ClH/c1-24-16(20)11-5-12(17(21)25-2)7-13(6-11)26(22,23)19-8-10-3-4-15(18)14(10)9-19;/h5-7,10,14-15H,3-4,8-9,18H2,1-2H3;1H. The second kappa shape index (κ2) is 8.14. The molecule has 3 atom stereocenters. The molecule has 1 saturated heterocycles. The van der Waals surface area contributed by atoms with Crippen LogP contribution in [-0.4, -0.2) is 58.0 Å². The zero-order valence-electron chi connectivity index (χ0n) is 15.1. The Morgan fingerprint density at radius 2 is 1.59 bits per heavy atom. The number of nitrogens with zero attached hydrogens (tertiary/aromatic N) is 1. The van der Waals surface area contributed by atoms with Crippen LogP contribution in [0.2, 0.25) is 0 Å². The normalized spacial score (nSPS) is 24.8. The van der Waals surface area contributed by atoms with Crippen molar-refractivity contribution in [1.82, 2.24) is 4.31 Å². The van der Waals surface area contributed by atoms with Gasteiger partial charge in [-0.15, -0.1) is 12.4 Å². The van der Waals surface area contributed by atoms with Gasteiger partial charge in [0.2, 0.25) is 10.0 Å². The molecule has 1 aromatic carbocycles. The molecule has 27 heavy (non-hydrogen) atoms. The van der Waals surface area contributed by atoms with Crippen LogP contribution in [-0.2, 0) is 19.5 Å². The van der Waals surface area contributed by atoms with Gasteiger partial charge in [0.05, 0.1) is 30.2 Å². The van der Waals surface area contributed by atoms with Gasteiger partial charge in [-0.25, -0.2) is 18.0 Å². The number of methoxy groups -OCH3 is 2. The Morgan fingerprint density at radius 1 is 1.04 bits per heavy atom. The van der Waals surface area contributed by atoms with E-state index in [1.165, 1.54) is 36.7 Å². The number of benzene rings is 1. The van der Waals surface area contributed by atoms with E-state index in [1.807, 2.05) is 0 Å². The number of esters is 2. The summed E-state index contributed by atoms with van der Waals surface area (Å²) in [6.07, 6.45) is 1.82. The molecular weight excluding hydrogens is 396 g/mol. The minimum atomic E-state index is -3.87. The van der Waals surface area contributed by atoms with Gasteiger partial charge >= 0.3 is 11.9 Å². The third-order valence-corrected chi connectivity index (χ3v) is 7.07. The number of rotatable bonds is 4. The Morgan fingerprint density at radius 3 is 2.07 bits per heavy atom. The Balaban J connectivity index is 0.00000261. The van der Waals surface area contributed by atoms with Crippen LogP contribution in [0.25, 0.3) is 0 Å². The molecule has 3 rings (SSSR count). The SMILES string of the molecule is COC(=O)c1cc(C(=O)OC)cc(S(=O)(=O)N2CC3CCC(N)C3C2)c1.Cl. The van der Waals surface area contributed by atoms with Crippen molar-refractivity contribution >= 4 is 34.4 Å². The summed E-state index contributed by atoms with van der Waals surface area (Å²) in [5, 5.41) is 0. The Kier molecular flexibility index (Phi) is 6.51. The van der Waals surface area contributed by atoms with Crippen LogP contribution >= 0.6 is 12.4 Å². The highest BCUT2D eigenvalue weighted by Crippen LogP contribution is 2.39. The molecule has 1 heterocycles. The van der Waals surface area contributed by atoms with E-state index in [4.69, 9.17) is 5.73 Å². The average Bonchev–Trinajstić information content (AvgIpc) is 3.22. The number of hydrogen-bond acceptors (Lipinski definition) is 7. The molecule has 8 nitrogen and oxygen atoms in total. The first kappa shape index (κ1) is 21.6. The topological polar surface area (TPSA) is 116 Å². The number of carbonyl (C=O) groups excluding carboxylic acids is 2. The molecule has 10 heteroatoms. The van der Waals surface area contributed by atoms with Gasteiger partial charge in [0.1, 0.15) is 0 Å². The van der Waals surface area contributed by atoms with E-state index in [9.17, 15) is 18.0 Å². The maximum Gasteiger partial charge on any atom is 0.337 e. The van der Waals surface area contributed by atoms with Crippen molar-refractivity contribution in [3.8, 4) is 0 Å². The second-order valence-corrected chi connectivity index (χ2v) is 8.65. The lowest BCUT2D eigenvalue weighted by Crippen LogP contribution is -2.33. The quantitative estimate of drug-likeness (QED) is 0.726. The number of fused-ring (bicyclic) bond motifs is 1. The smallest absolute Gasteiger partial charge is 0.337 e. The van der Waals surface area contributed by atoms with Crippen molar-refractivity contribution in [3.05, 3.63) is 29.3 Å². The second-order valence-electron chi connectivity index (χ2n) is 6.72. The first-order chi connectivity index (χ1) is 12.3. The Labute approximate surface area is 164 Å². The first-order valence-electron chi connectivity index (χ1n) is 8.35. The van der Waals surface area contributed by atoms with Crippen LogP contribution in [0.5, 0.6) is 0 Å². The van der Waals surface area contributed by atoms with Gasteiger partial charge < -0.3 is 15.2 Å². The van der Waals surface area contributed by atoms with Gasteiger partial charge in [-0.2, -0.15) is 4.31 Å². The molecule has 1 aliphatic heterocycles. The van der Waals surface area contributed by atoms with Crippen molar-refractivity contribution in [3.63, 3.8) is 0 Å². The third kappa shape index (κ3) is 3.96. The lowest BCUT2D eigenvalue weighted by molar-refractivity contribution is 0.0598. The number of nitrogens with two attached hydrogens (primary N) is 1. The van der Waals surface area contributed by atoms with Gasteiger partial charge in [0, 0.05) is 19.1 Å². The summed E-state index contributed by atoms with van der Waals surface area (Å²) in [5.74, 6) is -1.06. The molecule has 0 aromatic heterocycles. The highest BCUT2D eigenvalue weighted by Gasteiger charge is 2.45. The van der Waals surface area contributed by atoms with E-state index in [0.29, 0.717) is 13.1 Å². The zero-order chi connectivity index (χ0) is 19.1. The predicted octanol–water partition coefficient (Wildman–Crippen LogP) is 1.04. The van der Waals surface area contributed by atoms with Gasteiger partial charge in [-0.05, 0) is 42.9 Å². The van der Waals surface area contributed by atoms with E-state index in [0.717, 1.165) is 12.8 Å². The van der Waals surface area contributed by atoms with Crippen molar-refractivity contribution in [2.45, 2.75) is 23.8 Å². The molecule has 3 unspecified atom stereocenters. The van der Waals surface area contributed by atoms with E-state index in [1.54, 1.807) is 0 Å². The molecule has 0 bridgehead atoms. The first-order valence-corrected chi connectivity index (χ1v) is 9.79. The van der Waals surface area contributed by atoms with Gasteiger partial charge in [0.25, 0.3) is 0 Å². The highest BCUT2D eigenvalue weighted by atomic mass is 35.5. The van der Waals surface area contributed by atoms with Crippen LogP contribution in [0.15, 0.2) is 23.1 Å². The molecule has 2 aliphatic rings. The summed E-state index contributed by atoms with van der Waals surface area (Å²) in [7, 11) is -1.50. The fourth-order valence-corrected chi connectivity index (χ4v) is 5.44. The van der Waals surface area contributed by atoms with Crippen LogP contribution in [0.4, 0.5) is 0 Å².